The van der Waals surface area contributed by atoms with E-state index in [4.69, 9.17) is 21.4 Å². The number of aromatic nitrogens is 1. The number of aliphatic hydroxyl groups excluding tert-OH is 1. The maximum atomic E-state index is 14.3. The van der Waals surface area contributed by atoms with E-state index in [0.717, 1.165) is 0 Å². The molecule has 28 heavy (non-hydrogen) atoms. The molecule has 0 unspecified atom stereocenters. The van der Waals surface area contributed by atoms with E-state index < -0.39 is 23.3 Å². The summed E-state index contributed by atoms with van der Waals surface area (Å²) in [4.78, 5) is 22.2. The molecule has 0 radical (unpaired) electrons. The number of halogens is 2. The van der Waals surface area contributed by atoms with Crippen molar-refractivity contribution in [3.05, 3.63) is 70.6 Å². The van der Waals surface area contributed by atoms with Gasteiger partial charge in [-0.15, -0.1) is 0 Å². The van der Waals surface area contributed by atoms with Gasteiger partial charge in [0.2, 0.25) is 0 Å². The van der Waals surface area contributed by atoms with Crippen molar-refractivity contribution in [2.24, 2.45) is 0 Å². The molecule has 3 aromatic rings. The standard InChI is InChI=1S/C20H15ClFNO5/c1-28-17-7-3-6-14-18(17)12(15(24)8-16(25)20(26)27)10-23(14)9-11-4-2-5-13(21)19(11)22/h2-8,10,24H,9H2,1H3,(H,26,27)/b15-8-. The van der Waals surface area contributed by atoms with Crippen molar-refractivity contribution >= 4 is 40.0 Å². The number of ketones is 1. The average molecular weight is 404 g/mol. The first-order valence-electron chi connectivity index (χ1n) is 8.10. The monoisotopic (exact) mass is 403 g/mol. The van der Waals surface area contributed by atoms with Crippen LogP contribution in [0.5, 0.6) is 5.75 Å². The Bertz CT molecular complexity index is 1120. The van der Waals surface area contributed by atoms with Crippen LogP contribution in [0.3, 0.4) is 0 Å². The van der Waals surface area contributed by atoms with Crippen LogP contribution in [0.4, 0.5) is 4.39 Å². The maximum absolute atomic E-state index is 14.3. The van der Waals surface area contributed by atoms with E-state index in [1.165, 1.54) is 19.4 Å². The maximum Gasteiger partial charge on any atom is 0.376 e. The molecule has 0 aliphatic heterocycles. The Morgan fingerprint density at radius 1 is 1.21 bits per heavy atom. The number of aliphatic carboxylic acids is 1. The second kappa shape index (κ2) is 7.74. The summed E-state index contributed by atoms with van der Waals surface area (Å²) >= 11 is 5.84. The molecule has 0 spiro atoms. The summed E-state index contributed by atoms with van der Waals surface area (Å²) in [5, 5.41) is 19.6. The average Bonchev–Trinajstić information content (AvgIpc) is 3.04. The summed E-state index contributed by atoms with van der Waals surface area (Å²) in [5.74, 6) is -3.65. The summed E-state index contributed by atoms with van der Waals surface area (Å²) in [6.45, 7) is 0.0935. The molecule has 0 aliphatic carbocycles. The summed E-state index contributed by atoms with van der Waals surface area (Å²) in [5.41, 5.74) is 1.10. The fraction of sp³-hybridized carbons (Fsp3) is 0.100. The number of methoxy groups -OCH3 is 1. The number of carboxylic acids is 1. The highest BCUT2D eigenvalue weighted by molar-refractivity contribution is 6.38. The summed E-state index contributed by atoms with van der Waals surface area (Å²) in [6.07, 6.45) is 2.11. The number of hydrogen-bond donors (Lipinski definition) is 2. The molecule has 3 rings (SSSR count). The lowest BCUT2D eigenvalue weighted by Crippen LogP contribution is -2.09. The van der Waals surface area contributed by atoms with E-state index in [-0.39, 0.29) is 17.1 Å². The number of carbonyl (C=O) groups excluding carboxylic acids is 1. The fourth-order valence-corrected chi connectivity index (χ4v) is 3.13. The minimum atomic E-state index is -1.69. The van der Waals surface area contributed by atoms with Gasteiger partial charge in [0, 0.05) is 23.4 Å². The summed E-state index contributed by atoms with van der Waals surface area (Å²) in [6, 6.07) is 9.75. The van der Waals surface area contributed by atoms with Gasteiger partial charge in [0.15, 0.2) is 0 Å². The van der Waals surface area contributed by atoms with E-state index >= 15 is 0 Å². The molecule has 0 fully saturated rings. The molecule has 1 heterocycles. The van der Waals surface area contributed by atoms with Crippen molar-refractivity contribution in [1.29, 1.82) is 0 Å². The van der Waals surface area contributed by atoms with Crippen molar-refractivity contribution in [3.63, 3.8) is 0 Å². The minimum Gasteiger partial charge on any atom is -0.507 e. The Balaban J connectivity index is 2.19. The first-order valence-corrected chi connectivity index (χ1v) is 8.48. The molecule has 2 N–H and O–H groups in total. The van der Waals surface area contributed by atoms with Gasteiger partial charge in [0.05, 0.1) is 29.6 Å². The van der Waals surface area contributed by atoms with Crippen LogP contribution >= 0.6 is 11.6 Å². The zero-order valence-corrected chi connectivity index (χ0v) is 15.4. The van der Waals surface area contributed by atoms with Crippen LogP contribution in [-0.4, -0.2) is 33.6 Å². The van der Waals surface area contributed by atoms with Gasteiger partial charge >= 0.3 is 5.97 Å². The number of nitrogens with zero attached hydrogens (tertiary/aromatic N) is 1. The lowest BCUT2D eigenvalue weighted by molar-refractivity contribution is -0.146. The molecule has 8 heteroatoms. The molecular formula is C20H15ClFNO5. The molecular weight excluding hydrogens is 389 g/mol. The molecule has 0 bridgehead atoms. The van der Waals surface area contributed by atoms with Gasteiger partial charge in [0.1, 0.15) is 17.3 Å². The smallest absolute Gasteiger partial charge is 0.376 e. The first kappa shape index (κ1) is 19.4. The molecule has 0 saturated carbocycles. The number of carboxylic acid groups (broad SMARTS) is 1. The molecule has 6 nitrogen and oxygen atoms in total. The fourth-order valence-electron chi connectivity index (χ4n) is 2.93. The highest BCUT2D eigenvalue weighted by Gasteiger charge is 2.19. The van der Waals surface area contributed by atoms with Crippen LogP contribution in [0.15, 0.2) is 48.7 Å². The SMILES string of the molecule is COc1cccc2c1c(/C(O)=C/C(=O)C(=O)O)cn2Cc1cccc(Cl)c1F. The van der Waals surface area contributed by atoms with Crippen molar-refractivity contribution in [2.45, 2.75) is 6.54 Å². The third-order valence-corrected chi connectivity index (χ3v) is 4.51. The number of benzene rings is 2. The normalized spacial score (nSPS) is 11.6. The molecule has 144 valence electrons. The van der Waals surface area contributed by atoms with Gasteiger partial charge in [-0.05, 0) is 18.2 Å². The van der Waals surface area contributed by atoms with Crippen molar-refractivity contribution in [1.82, 2.24) is 4.57 Å². The van der Waals surface area contributed by atoms with Crippen molar-refractivity contribution in [3.8, 4) is 5.75 Å². The lowest BCUT2D eigenvalue weighted by atomic mass is 10.1. The topological polar surface area (TPSA) is 88.8 Å². The van der Waals surface area contributed by atoms with Gasteiger partial charge in [-0.1, -0.05) is 29.8 Å². The van der Waals surface area contributed by atoms with E-state index in [0.29, 0.717) is 28.3 Å². The Kier molecular flexibility index (Phi) is 5.37. The Morgan fingerprint density at radius 2 is 1.93 bits per heavy atom. The largest absolute Gasteiger partial charge is 0.507 e. The van der Waals surface area contributed by atoms with Crippen LogP contribution in [-0.2, 0) is 16.1 Å². The van der Waals surface area contributed by atoms with Crippen LogP contribution in [0.1, 0.15) is 11.1 Å². The highest BCUT2D eigenvalue weighted by atomic mass is 35.5. The van der Waals surface area contributed by atoms with E-state index in [1.54, 1.807) is 34.9 Å². The quantitative estimate of drug-likeness (QED) is 0.368. The molecule has 0 aliphatic rings. The molecule has 1 aromatic heterocycles. The van der Waals surface area contributed by atoms with Gasteiger partial charge < -0.3 is 19.5 Å². The van der Waals surface area contributed by atoms with Gasteiger partial charge in [-0.25, -0.2) is 9.18 Å². The van der Waals surface area contributed by atoms with E-state index in [1.807, 2.05) is 0 Å². The summed E-state index contributed by atoms with van der Waals surface area (Å²) < 4.78 is 21.3. The third kappa shape index (κ3) is 3.57. The Morgan fingerprint density at radius 3 is 2.61 bits per heavy atom. The molecule has 0 atom stereocenters. The highest BCUT2D eigenvalue weighted by Crippen LogP contribution is 2.34. The Labute approximate surface area is 164 Å². The molecule has 0 amide bonds. The van der Waals surface area contributed by atoms with Gasteiger partial charge in [-0.3, -0.25) is 4.79 Å². The van der Waals surface area contributed by atoms with Crippen LogP contribution in [0.25, 0.3) is 16.7 Å². The second-order valence-corrected chi connectivity index (χ2v) is 6.34. The van der Waals surface area contributed by atoms with Crippen LogP contribution in [0, 0.1) is 5.82 Å². The predicted octanol–water partition coefficient (Wildman–Crippen LogP) is 4.04. The lowest BCUT2D eigenvalue weighted by Gasteiger charge is -2.08. The molecule has 2 aromatic carbocycles. The van der Waals surface area contributed by atoms with E-state index in [2.05, 4.69) is 0 Å². The number of aliphatic hydroxyl groups is 1. The number of fused-ring (bicyclic) bond motifs is 1. The summed E-state index contributed by atoms with van der Waals surface area (Å²) in [7, 11) is 1.44. The second-order valence-electron chi connectivity index (χ2n) is 5.94. The van der Waals surface area contributed by atoms with Gasteiger partial charge in [-0.2, -0.15) is 0 Å². The van der Waals surface area contributed by atoms with Crippen molar-refractivity contribution < 1.29 is 28.9 Å². The van der Waals surface area contributed by atoms with Gasteiger partial charge in [0.25, 0.3) is 5.78 Å². The number of ether oxygens (including phenoxy) is 1. The third-order valence-electron chi connectivity index (χ3n) is 4.21. The predicted molar refractivity (Wildman–Crippen MR) is 102 cm³/mol. The zero-order chi connectivity index (χ0) is 20.4. The number of rotatable bonds is 6. The number of carbonyl (C=O) groups is 2. The van der Waals surface area contributed by atoms with Crippen molar-refractivity contribution in [2.75, 3.05) is 7.11 Å². The zero-order valence-electron chi connectivity index (χ0n) is 14.6. The van der Waals surface area contributed by atoms with Crippen LogP contribution in [0.2, 0.25) is 5.02 Å². The minimum absolute atomic E-state index is 0.0124. The number of hydrogen-bond acceptors (Lipinski definition) is 4. The Hall–Kier alpha value is -3.32. The molecule has 0 saturated heterocycles. The van der Waals surface area contributed by atoms with E-state index in [9.17, 15) is 19.1 Å². The van der Waals surface area contributed by atoms with Crippen LogP contribution < -0.4 is 4.74 Å². The first-order chi connectivity index (χ1) is 13.3.